The number of carbonyl (C=O) groups excluding carboxylic acids is 1. The number of ether oxygens (including phenoxy) is 1. The van der Waals surface area contributed by atoms with E-state index in [2.05, 4.69) is 10.3 Å². The average Bonchev–Trinajstić information content (AvgIpc) is 2.86. The SMILES string of the molecule is O=C(COc1cccc(F)c1)Nc1nc2ccc(F)cc2s1. The maximum atomic E-state index is 13.1. The molecule has 7 heteroatoms. The molecule has 0 aliphatic heterocycles. The van der Waals surface area contributed by atoms with Crippen LogP contribution in [0.3, 0.4) is 0 Å². The lowest BCUT2D eigenvalue weighted by Gasteiger charge is -2.05. The van der Waals surface area contributed by atoms with Crippen LogP contribution in [0.15, 0.2) is 42.5 Å². The lowest BCUT2D eigenvalue weighted by molar-refractivity contribution is -0.118. The maximum Gasteiger partial charge on any atom is 0.264 e. The Morgan fingerprint density at radius 1 is 1.18 bits per heavy atom. The molecule has 2 aromatic carbocycles. The van der Waals surface area contributed by atoms with Crippen LogP contribution in [0, 0.1) is 11.6 Å². The highest BCUT2D eigenvalue weighted by atomic mass is 32.1. The Morgan fingerprint density at radius 3 is 2.82 bits per heavy atom. The quantitative estimate of drug-likeness (QED) is 0.799. The van der Waals surface area contributed by atoms with Crippen LogP contribution in [0.25, 0.3) is 10.2 Å². The minimum Gasteiger partial charge on any atom is -0.484 e. The summed E-state index contributed by atoms with van der Waals surface area (Å²) >= 11 is 1.17. The normalized spacial score (nSPS) is 10.6. The van der Waals surface area contributed by atoms with Crippen LogP contribution in [0.2, 0.25) is 0 Å². The summed E-state index contributed by atoms with van der Waals surface area (Å²) in [5, 5.41) is 2.92. The van der Waals surface area contributed by atoms with Gasteiger partial charge in [0.2, 0.25) is 0 Å². The largest absolute Gasteiger partial charge is 0.484 e. The molecule has 0 fully saturated rings. The first-order valence-electron chi connectivity index (χ1n) is 6.34. The second-order valence-electron chi connectivity index (χ2n) is 4.43. The number of hydrogen-bond donors (Lipinski definition) is 1. The number of aromatic nitrogens is 1. The molecule has 3 rings (SSSR count). The van der Waals surface area contributed by atoms with Gasteiger partial charge in [-0.2, -0.15) is 0 Å². The van der Waals surface area contributed by atoms with Gasteiger partial charge >= 0.3 is 0 Å². The van der Waals surface area contributed by atoms with Gasteiger partial charge in [0.1, 0.15) is 17.4 Å². The van der Waals surface area contributed by atoms with Crippen LogP contribution in [0.5, 0.6) is 5.75 Å². The number of benzene rings is 2. The molecule has 0 saturated carbocycles. The van der Waals surface area contributed by atoms with E-state index in [1.807, 2.05) is 0 Å². The number of hydrogen-bond acceptors (Lipinski definition) is 4. The van der Waals surface area contributed by atoms with Gasteiger partial charge in [-0.05, 0) is 30.3 Å². The molecule has 0 atom stereocenters. The molecule has 0 aliphatic rings. The fourth-order valence-electron chi connectivity index (χ4n) is 1.81. The summed E-state index contributed by atoms with van der Waals surface area (Å²) in [7, 11) is 0. The highest BCUT2D eigenvalue weighted by Gasteiger charge is 2.09. The molecule has 0 aliphatic carbocycles. The summed E-state index contributed by atoms with van der Waals surface area (Å²) in [5.74, 6) is -0.958. The van der Waals surface area contributed by atoms with Gasteiger partial charge in [0.25, 0.3) is 5.91 Å². The Labute approximate surface area is 128 Å². The Kier molecular flexibility index (Phi) is 3.97. The van der Waals surface area contributed by atoms with Gasteiger partial charge in [-0.15, -0.1) is 0 Å². The summed E-state index contributed by atoms with van der Waals surface area (Å²) in [6.45, 7) is -0.270. The monoisotopic (exact) mass is 320 g/mol. The molecular weight excluding hydrogens is 310 g/mol. The number of rotatable bonds is 4. The zero-order valence-corrected chi connectivity index (χ0v) is 12.0. The zero-order valence-electron chi connectivity index (χ0n) is 11.2. The lowest BCUT2D eigenvalue weighted by atomic mass is 10.3. The van der Waals surface area contributed by atoms with Crippen molar-refractivity contribution in [2.75, 3.05) is 11.9 Å². The van der Waals surface area contributed by atoms with E-state index in [0.717, 1.165) is 0 Å². The van der Waals surface area contributed by atoms with Crippen LogP contribution >= 0.6 is 11.3 Å². The Balaban J connectivity index is 1.63. The van der Waals surface area contributed by atoms with Crippen molar-refractivity contribution in [3.63, 3.8) is 0 Å². The number of amides is 1. The van der Waals surface area contributed by atoms with Crippen LogP contribution < -0.4 is 10.1 Å². The summed E-state index contributed by atoms with van der Waals surface area (Å²) in [4.78, 5) is 15.9. The molecule has 0 bridgehead atoms. The molecule has 22 heavy (non-hydrogen) atoms. The third kappa shape index (κ3) is 3.37. The molecule has 1 N–H and O–H groups in total. The molecule has 1 aromatic heterocycles. The van der Waals surface area contributed by atoms with Crippen molar-refractivity contribution in [1.82, 2.24) is 4.98 Å². The van der Waals surface area contributed by atoms with E-state index in [1.165, 1.54) is 41.7 Å². The second kappa shape index (κ2) is 6.07. The van der Waals surface area contributed by atoms with E-state index in [4.69, 9.17) is 4.74 Å². The smallest absolute Gasteiger partial charge is 0.264 e. The molecule has 1 amide bonds. The van der Waals surface area contributed by atoms with Gasteiger partial charge < -0.3 is 4.74 Å². The molecule has 3 aromatic rings. The molecule has 0 saturated heterocycles. The minimum absolute atomic E-state index is 0.265. The first kappa shape index (κ1) is 14.4. The Morgan fingerprint density at radius 2 is 2.00 bits per heavy atom. The molecule has 0 unspecified atom stereocenters. The number of anilines is 1. The van der Waals surface area contributed by atoms with Crippen molar-refractivity contribution in [2.45, 2.75) is 0 Å². The van der Waals surface area contributed by atoms with Gasteiger partial charge in [0, 0.05) is 6.07 Å². The van der Waals surface area contributed by atoms with Gasteiger partial charge in [-0.25, -0.2) is 13.8 Å². The molecule has 112 valence electrons. The predicted molar refractivity (Wildman–Crippen MR) is 80.1 cm³/mol. The zero-order chi connectivity index (χ0) is 15.5. The van der Waals surface area contributed by atoms with Gasteiger partial charge in [0.15, 0.2) is 11.7 Å². The highest BCUT2D eigenvalue weighted by molar-refractivity contribution is 7.22. The van der Waals surface area contributed by atoms with Crippen molar-refractivity contribution in [1.29, 1.82) is 0 Å². The highest BCUT2D eigenvalue weighted by Crippen LogP contribution is 2.26. The minimum atomic E-state index is -0.439. The topological polar surface area (TPSA) is 51.2 Å². The first-order valence-corrected chi connectivity index (χ1v) is 7.16. The summed E-state index contributed by atoms with van der Waals surface area (Å²) < 4.78 is 31.9. The number of carbonyl (C=O) groups is 1. The van der Waals surface area contributed by atoms with E-state index in [-0.39, 0.29) is 18.2 Å². The van der Waals surface area contributed by atoms with Gasteiger partial charge in [-0.1, -0.05) is 17.4 Å². The van der Waals surface area contributed by atoms with Crippen molar-refractivity contribution < 1.29 is 18.3 Å². The van der Waals surface area contributed by atoms with Crippen molar-refractivity contribution in [3.8, 4) is 5.75 Å². The van der Waals surface area contributed by atoms with Gasteiger partial charge in [-0.3, -0.25) is 10.1 Å². The number of halogens is 2. The Bertz CT molecular complexity index is 835. The first-order chi connectivity index (χ1) is 10.6. The van der Waals surface area contributed by atoms with Crippen LogP contribution in [0.4, 0.5) is 13.9 Å². The van der Waals surface area contributed by atoms with E-state index >= 15 is 0 Å². The van der Waals surface area contributed by atoms with Crippen LogP contribution in [-0.4, -0.2) is 17.5 Å². The number of nitrogens with one attached hydrogen (secondary N) is 1. The molecule has 0 radical (unpaired) electrons. The maximum absolute atomic E-state index is 13.1. The van der Waals surface area contributed by atoms with Gasteiger partial charge in [0.05, 0.1) is 10.2 Å². The van der Waals surface area contributed by atoms with E-state index in [0.29, 0.717) is 15.3 Å². The van der Waals surface area contributed by atoms with Crippen molar-refractivity contribution in [3.05, 3.63) is 54.1 Å². The molecular formula is C15H10F2N2O2S. The molecule has 0 spiro atoms. The fourth-order valence-corrected chi connectivity index (χ4v) is 2.72. The van der Waals surface area contributed by atoms with Crippen LogP contribution in [-0.2, 0) is 4.79 Å². The van der Waals surface area contributed by atoms with E-state index in [1.54, 1.807) is 12.1 Å². The standard InChI is InChI=1S/C15H10F2N2O2S/c16-9-2-1-3-11(6-9)21-8-14(20)19-15-18-12-5-4-10(17)7-13(12)22-15/h1-7H,8H2,(H,18,19,20). The summed E-state index contributed by atoms with van der Waals surface area (Å²) in [6, 6.07) is 9.72. The summed E-state index contributed by atoms with van der Waals surface area (Å²) in [6.07, 6.45) is 0. The third-order valence-corrected chi connectivity index (χ3v) is 3.70. The lowest BCUT2D eigenvalue weighted by Crippen LogP contribution is -2.20. The number of thiazole rings is 1. The summed E-state index contributed by atoms with van der Waals surface area (Å²) in [5.41, 5.74) is 0.604. The van der Waals surface area contributed by atoms with Crippen molar-refractivity contribution in [2.24, 2.45) is 0 Å². The molecule has 4 nitrogen and oxygen atoms in total. The molecule has 1 heterocycles. The number of nitrogens with zero attached hydrogens (tertiary/aromatic N) is 1. The van der Waals surface area contributed by atoms with E-state index < -0.39 is 11.7 Å². The third-order valence-electron chi connectivity index (χ3n) is 2.76. The average molecular weight is 320 g/mol. The fraction of sp³-hybridized carbons (Fsp3) is 0.0667. The number of fused-ring (bicyclic) bond motifs is 1. The van der Waals surface area contributed by atoms with E-state index in [9.17, 15) is 13.6 Å². The van der Waals surface area contributed by atoms with Crippen LogP contribution in [0.1, 0.15) is 0 Å². The second-order valence-corrected chi connectivity index (χ2v) is 5.46. The Hall–Kier alpha value is -2.54. The predicted octanol–water partition coefficient (Wildman–Crippen LogP) is 3.59. The van der Waals surface area contributed by atoms with Crippen molar-refractivity contribution >= 4 is 32.6 Å².